The number of Topliss-reactive ketones (excluding diaryl/α,β-unsaturated/α-hetero) is 2. The molecule has 2 aliphatic carbocycles. The Morgan fingerprint density at radius 2 is 1.22 bits per heavy atom. The Hall–Kier alpha value is -4.24. The third-order valence-electron chi connectivity index (χ3n) is 8.62. The van der Waals surface area contributed by atoms with Gasteiger partial charge in [0.15, 0.2) is 11.6 Å². The van der Waals surface area contributed by atoms with Crippen molar-refractivity contribution in [2.75, 3.05) is 0 Å². The summed E-state index contributed by atoms with van der Waals surface area (Å²) in [7, 11) is 0. The molecule has 0 unspecified atom stereocenters. The van der Waals surface area contributed by atoms with E-state index < -0.39 is 16.4 Å². The highest BCUT2D eigenvalue weighted by Crippen LogP contribution is 2.79. The summed E-state index contributed by atoms with van der Waals surface area (Å²) < 4.78 is 6.96. The summed E-state index contributed by atoms with van der Waals surface area (Å²) >= 11 is 0. The predicted molar refractivity (Wildman–Crippen MR) is 139 cm³/mol. The fourth-order valence-corrected chi connectivity index (χ4v) is 7.35. The molecule has 3 heteroatoms. The van der Waals surface area contributed by atoms with E-state index in [0.717, 1.165) is 33.4 Å². The minimum Gasteiger partial charge on any atom is -0.472 e. The summed E-state index contributed by atoms with van der Waals surface area (Å²) in [5.41, 5.74) is 2.46. The first-order chi connectivity index (χ1) is 17.5. The lowest BCUT2D eigenvalue weighted by Crippen LogP contribution is -2.56. The quantitative estimate of drug-likeness (QED) is 0.318. The van der Waals surface area contributed by atoms with Crippen LogP contribution in [0.1, 0.15) is 52.0 Å². The monoisotopic (exact) mass is 468 g/mol. The van der Waals surface area contributed by atoms with Gasteiger partial charge in [-0.3, -0.25) is 9.59 Å². The molecule has 0 N–H and O–H groups in total. The van der Waals surface area contributed by atoms with Crippen molar-refractivity contribution >= 4 is 22.9 Å². The lowest BCUT2D eigenvalue weighted by Gasteiger charge is -2.43. The van der Waals surface area contributed by atoms with Crippen molar-refractivity contribution in [1.82, 2.24) is 0 Å². The Labute approximate surface area is 210 Å². The molecule has 3 atom stereocenters. The number of rotatable bonds is 4. The fraction of sp³-hybridized carbons (Fsp3) is 0.152. The Kier molecular flexibility index (Phi) is 4.05. The van der Waals surface area contributed by atoms with Crippen molar-refractivity contribution in [3.05, 3.63) is 143 Å². The molecular weight excluding hydrogens is 444 g/mol. The van der Waals surface area contributed by atoms with Crippen molar-refractivity contribution in [2.24, 2.45) is 5.41 Å². The number of fused-ring (bicyclic) bond motifs is 6. The first-order valence-corrected chi connectivity index (χ1v) is 12.3. The molecule has 7 rings (SSSR count). The van der Waals surface area contributed by atoms with Gasteiger partial charge in [0.1, 0.15) is 11.2 Å². The molecule has 0 amide bonds. The number of carbonyl (C=O) groups is 2. The molecular formula is C33H24O3. The lowest BCUT2D eigenvalue weighted by molar-refractivity contribution is -0.141. The number of benzene rings is 4. The summed E-state index contributed by atoms with van der Waals surface area (Å²) in [5, 5.41) is 0. The van der Waals surface area contributed by atoms with Crippen LogP contribution in [0.4, 0.5) is 0 Å². The second-order valence-corrected chi connectivity index (χ2v) is 10.1. The van der Waals surface area contributed by atoms with Gasteiger partial charge in [-0.2, -0.15) is 0 Å². The first kappa shape index (κ1) is 21.1. The summed E-state index contributed by atoms with van der Waals surface area (Å²) in [4.78, 5) is 29.1. The maximum absolute atomic E-state index is 15.1. The first-order valence-electron chi connectivity index (χ1n) is 12.3. The van der Waals surface area contributed by atoms with E-state index in [1.165, 1.54) is 0 Å². The van der Waals surface area contributed by atoms with E-state index in [-0.39, 0.29) is 11.6 Å². The van der Waals surface area contributed by atoms with Gasteiger partial charge in [0.25, 0.3) is 0 Å². The SMILES string of the molecule is CC(=O)[C@]12OC(c3ccccc3)=C3c4ccccc4[C@](C)(c4ccccc41)[C@@]32C(=O)c1ccccc1. The predicted octanol–water partition coefficient (Wildman–Crippen LogP) is 6.57. The van der Waals surface area contributed by atoms with E-state index in [2.05, 4.69) is 25.1 Å². The second kappa shape index (κ2) is 6.92. The van der Waals surface area contributed by atoms with Gasteiger partial charge in [0.05, 0.1) is 0 Å². The van der Waals surface area contributed by atoms with Crippen LogP contribution in [-0.4, -0.2) is 11.6 Å². The zero-order valence-corrected chi connectivity index (χ0v) is 20.1. The van der Waals surface area contributed by atoms with Crippen molar-refractivity contribution in [1.29, 1.82) is 0 Å². The highest BCUT2D eigenvalue weighted by Gasteiger charge is 2.83. The van der Waals surface area contributed by atoms with Crippen molar-refractivity contribution in [2.45, 2.75) is 24.9 Å². The highest BCUT2D eigenvalue weighted by molar-refractivity contribution is 6.23. The number of ketones is 2. The van der Waals surface area contributed by atoms with Gasteiger partial charge < -0.3 is 4.74 Å². The third-order valence-corrected chi connectivity index (χ3v) is 8.62. The molecule has 0 radical (unpaired) electrons. The van der Waals surface area contributed by atoms with E-state index in [0.29, 0.717) is 11.3 Å². The molecule has 0 bridgehead atoms. The molecule has 174 valence electrons. The lowest BCUT2D eigenvalue weighted by atomic mass is 9.55. The normalized spacial score (nSPS) is 26.7. The van der Waals surface area contributed by atoms with Crippen LogP contribution in [0.2, 0.25) is 0 Å². The molecule has 3 nitrogen and oxygen atoms in total. The summed E-state index contributed by atoms with van der Waals surface area (Å²) in [6, 6.07) is 35.3. The van der Waals surface area contributed by atoms with Gasteiger partial charge in [-0.15, -0.1) is 0 Å². The summed E-state index contributed by atoms with van der Waals surface area (Å²) in [6.07, 6.45) is 0. The minimum atomic E-state index is -1.48. The van der Waals surface area contributed by atoms with Crippen LogP contribution in [-0.2, 0) is 20.5 Å². The Morgan fingerprint density at radius 3 is 1.89 bits per heavy atom. The van der Waals surface area contributed by atoms with E-state index in [9.17, 15) is 4.79 Å². The van der Waals surface area contributed by atoms with Gasteiger partial charge in [-0.25, -0.2) is 0 Å². The minimum absolute atomic E-state index is 0.0888. The van der Waals surface area contributed by atoms with Gasteiger partial charge in [0, 0.05) is 27.7 Å². The molecule has 3 aliphatic rings. The average molecular weight is 469 g/mol. The van der Waals surface area contributed by atoms with E-state index in [1.807, 2.05) is 91.0 Å². The number of carbonyl (C=O) groups excluding carboxylic acids is 2. The molecule has 0 aromatic heterocycles. The Balaban J connectivity index is 1.72. The molecule has 0 fully saturated rings. The number of hydrogen-bond donors (Lipinski definition) is 0. The van der Waals surface area contributed by atoms with Gasteiger partial charge >= 0.3 is 0 Å². The molecule has 4 aromatic rings. The second-order valence-electron chi connectivity index (χ2n) is 10.1. The smallest absolute Gasteiger partial charge is 0.210 e. The Bertz CT molecular complexity index is 1620. The van der Waals surface area contributed by atoms with Crippen LogP contribution in [0.25, 0.3) is 11.3 Å². The topological polar surface area (TPSA) is 43.4 Å². The molecule has 1 heterocycles. The van der Waals surface area contributed by atoms with E-state index in [4.69, 9.17) is 4.74 Å². The van der Waals surface area contributed by atoms with E-state index in [1.54, 1.807) is 6.92 Å². The molecule has 0 saturated carbocycles. The molecule has 1 aliphatic heterocycles. The standard InChI is InChI=1S/C33H24O3/c1-21(34)33-27-20-12-11-19-26(27)31(2)25-18-10-9-17-24(25)28(29(36-33)22-13-5-3-6-14-22)32(31,33)30(35)23-15-7-4-8-16-23/h3-20H,1-2H3/t31-,32+,33+/m1/s1. The number of hydrogen-bond acceptors (Lipinski definition) is 3. The largest absolute Gasteiger partial charge is 0.472 e. The maximum atomic E-state index is 15.1. The third kappa shape index (κ3) is 2.08. The average Bonchev–Trinajstić information content (AvgIpc) is 3.46. The van der Waals surface area contributed by atoms with Gasteiger partial charge in [0.2, 0.25) is 5.60 Å². The van der Waals surface area contributed by atoms with Crippen LogP contribution in [0.5, 0.6) is 0 Å². The van der Waals surface area contributed by atoms with Gasteiger partial charge in [-0.1, -0.05) is 109 Å². The highest BCUT2D eigenvalue weighted by atomic mass is 16.5. The van der Waals surface area contributed by atoms with Crippen molar-refractivity contribution in [3.63, 3.8) is 0 Å². The van der Waals surface area contributed by atoms with Crippen LogP contribution in [0, 0.1) is 5.41 Å². The molecule has 36 heavy (non-hydrogen) atoms. The summed E-state index contributed by atoms with van der Waals surface area (Å²) in [5.74, 6) is 0.356. The number of ether oxygens (including phenoxy) is 1. The van der Waals surface area contributed by atoms with Crippen LogP contribution >= 0.6 is 0 Å². The maximum Gasteiger partial charge on any atom is 0.210 e. The molecule has 0 spiro atoms. The summed E-state index contributed by atoms with van der Waals surface area (Å²) in [6.45, 7) is 3.69. The van der Waals surface area contributed by atoms with Gasteiger partial charge in [-0.05, 0) is 30.5 Å². The zero-order chi connectivity index (χ0) is 24.7. The Morgan fingerprint density at radius 1 is 0.667 bits per heavy atom. The zero-order valence-electron chi connectivity index (χ0n) is 20.1. The fourth-order valence-electron chi connectivity index (χ4n) is 7.35. The van der Waals surface area contributed by atoms with Crippen molar-refractivity contribution in [3.8, 4) is 0 Å². The molecule has 4 aromatic carbocycles. The van der Waals surface area contributed by atoms with Crippen LogP contribution in [0.15, 0.2) is 109 Å². The molecule has 0 saturated heterocycles. The van der Waals surface area contributed by atoms with E-state index >= 15 is 4.79 Å². The van der Waals surface area contributed by atoms with Crippen LogP contribution < -0.4 is 0 Å². The van der Waals surface area contributed by atoms with Crippen molar-refractivity contribution < 1.29 is 14.3 Å². The van der Waals surface area contributed by atoms with Crippen LogP contribution in [0.3, 0.4) is 0 Å².